The van der Waals surface area contributed by atoms with Crippen LogP contribution in [0.25, 0.3) is 0 Å². The highest BCUT2D eigenvalue weighted by Gasteiger charge is 2.36. The van der Waals surface area contributed by atoms with Crippen LogP contribution in [0.15, 0.2) is 15.9 Å². The van der Waals surface area contributed by atoms with Crippen LogP contribution in [-0.4, -0.2) is 11.7 Å². The summed E-state index contributed by atoms with van der Waals surface area (Å²) in [7, 11) is 0. The van der Waals surface area contributed by atoms with Crippen LogP contribution in [0.1, 0.15) is 45.4 Å². The highest BCUT2D eigenvalue weighted by molar-refractivity contribution is 9.11. The maximum atomic E-state index is 9.50. The zero-order valence-electron chi connectivity index (χ0n) is 11.5. The molecule has 1 rings (SSSR count). The van der Waals surface area contributed by atoms with Crippen molar-refractivity contribution in [1.29, 1.82) is 5.26 Å². The maximum absolute atomic E-state index is 9.50. The third kappa shape index (κ3) is 4.08. The van der Waals surface area contributed by atoms with Crippen molar-refractivity contribution >= 4 is 27.3 Å². The van der Waals surface area contributed by atoms with Gasteiger partial charge in [0.2, 0.25) is 0 Å². The van der Waals surface area contributed by atoms with E-state index in [1.54, 1.807) is 11.3 Å². The Balaban J connectivity index is 0.00000137. The largest absolute Gasteiger partial charge is 0.396 e. The molecule has 0 aliphatic carbocycles. The van der Waals surface area contributed by atoms with Crippen LogP contribution in [-0.2, 0) is 5.41 Å². The fourth-order valence-electron chi connectivity index (χ4n) is 1.85. The molecule has 0 aliphatic rings. The van der Waals surface area contributed by atoms with Gasteiger partial charge in [-0.2, -0.15) is 5.26 Å². The van der Waals surface area contributed by atoms with Crippen LogP contribution < -0.4 is 0 Å². The van der Waals surface area contributed by atoms with E-state index >= 15 is 0 Å². The quantitative estimate of drug-likeness (QED) is 0.847. The normalized spacial score (nSPS) is 13.4. The summed E-state index contributed by atoms with van der Waals surface area (Å²) in [6.07, 6.45) is 1.38. The highest BCUT2D eigenvalue weighted by atomic mass is 79.9. The molecule has 0 aromatic carbocycles. The zero-order valence-corrected chi connectivity index (χ0v) is 13.9. The molecule has 4 heteroatoms. The molecule has 18 heavy (non-hydrogen) atoms. The molecule has 0 saturated carbocycles. The van der Waals surface area contributed by atoms with Crippen molar-refractivity contribution in [2.75, 3.05) is 6.61 Å². The average molecular weight is 332 g/mol. The number of aliphatic hydroxyl groups is 1. The summed E-state index contributed by atoms with van der Waals surface area (Å²) in [4.78, 5) is 1.09. The van der Waals surface area contributed by atoms with E-state index in [0.717, 1.165) is 8.66 Å². The Morgan fingerprint density at radius 1 is 1.44 bits per heavy atom. The molecule has 1 unspecified atom stereocenters. The van der Waals surface area contributed by atoms with E-state index in [4.69, 9.17) is 5.11 Å². The SMILES string of the molecule is CC.CC(C)C(C#N)(CCCO)c1ccc(Br)s1. The first-order chi connectivity index (χ1) is 8.56. The molecular weight excluding hydrogens is 310 g/mol. The first-order valence-electron chi connectivity index (χ1n) is 6.34. The van der Waals surface area contributed by atoms with Crippen LogP contribution in [0, 0.1) is 17.2 Å². The number of halogens is 1. The lowest BCUT2D eigenvalue weighted by Crippen LogP contribution is -2.30. The maximum Gasteiger partial charge on any atom is 0.0938 e. The summed E-state index contributed by atoms with van der Waals surface area (Å²) in [6, 6.07) is 6.45. The molecule has 1 aromatic heterocycles. The summed E-state index contributed by atoms with van der Waals surface area (Å²) >= 11 is 5.04. The van der Waals surface area contributed by atoms with Crippen molar-refractivity contribution in [3.8, 4) is 6.07 Å². The topological polar surface area (TPSA) is 44.0 Å². The van der Waals surface area contributed by atoms with Gasteiger partial charge in [0.1, 0.15) is 0 Å². The summed E-state index contributed by atoms with van der Waals surface area (Å²) in [5.41, 5.74) is -0.459. The summed E-state index contributed by atoms with van der Waals surface area (Å²) < 4.78 is 1.05. The van der Waals surface area contributed by atoms with Gasteiger partial charge in [0.05, 0.1) is 15.3 Å². The number of hydrogen-bond donors (Lipinski definition) is 1. The van der Waals surface area contributed by atoms with E-state index < -0.39 is 5.41 Å². The Labute approximate surface area is 123 Å². The lowest BCUT2D eigenvalue weighted by atomic mass is 9.74. The molecule has 0 radical (unpaired) electrons. The summed E-state index contributed by atoms with van der Waals surface area (Å²) in [5, 5.41) is 18.4. The summed E-state index contributed by atoms with van der Waals surface area (Å²) in [6.45, 7) is 8.27. The monoisotopic (exact) mass is 331 g/mol. The lowest BCUT2D eigenvalue weighted by molar-refractivity contribution is 0.258. The first-order valence-corrected chi connectivity index (χ1v) is 7.95. The van der Waals surface area contributed by atoms with Crippen LogP contribution in [0.5, 0.6) is 0 Å². The molecule has 1 atom stereocenters. The van der Waals surface area contributed by atoms with Gasteiger partial charge in [0.25, 0.3) is 0 Å². The lowest BCUT2D eigenvalue weighted by Gasteiger charge is -2.29. The van der Waals surface area contributed by atoms with Gasteiger partial charge < -0.3 is 5.11 Å². The molecule has 1 N–H and O–H groups in total. The molecule has 2 nitrogen and oxygen atoms in total. The third-order valence-corrected chi connectivity index (χ3v) is 4.73. The van der Waals surface area contributed by atoms with Gasteiger partial charge in [-0.25, -0.2) is 0 Å². The molecule has 1 heterocycles. The van der Waals surface area contributed by atoms with Gasteiger partial charge in [-0.15, -0.1) is 11.3 Å². The summed E-state index contributed by atoms with van der Waals surface area (Å²) in [5.74, 6) is 0.245. The molecule has 0 bridgehead atoms. The highest BCUT2D eigenvalue weighted by Crippen LogP contribution is 2.41. The van der Waals surface area contributed by atoms with Crippen molar-refractivity contribution in [3.05, 3.63) is 20.8 Å². The van der Waals surface area contributed by atoms with E-state index in [9.17, 15) is 5.26 Å². The second-order valence-corrected chi connectivity index (χ2v) is 6.63. The van der Waals surface area contributed by atoms with Gasteiger partial charge in [0, 0.05) is 11.5 Å². The smallest absolute Gasteiger partial charge is 0.0938 e. The number of hydrogen-bond acceptors (Lipinski definition) is 3. The van der Waals surface area contributed by atoms with Crippen molar-refractivity contribution in [3.63, 3.8) is 0 Å². The second-order valence-electron chi connectivity index (χ2n) is 4.17. The number of thiophene rings is 1. The van der Waals surface area contributed by atoms with Crippen LogP contribution >= 0.6 is 27.3 Å². The molecule has 0 amide bonds. The van der Waals surface area contributed by atoms with Gasteiger partial charge in [-0.05, 0) is 46.8 Å². The van der Waals surface area contributed by atoms with Crippen LogP contribution in [0.4, 0.5) is 0 Å². The van der Waals surface area contributed by atoms with Crippen molar-refractivity contribution in [2.24, 2.45) is 5.92 Å². The number of rotatable bonds is 5. The Morgan fingerprint density at radius 3 is 2.39 bits per heavy atom. The number of aliphatic hydroxyl groups excluding tert-OH is 1. The minimum absolute atomic E-state index is 0.142. The van der Waals surface area contributed by atoms with Crippen molar-refractivity contribution in [2.45, 2.75) is 46.0 Å². The van der Waals surface area contributed by atoms with E-state index in [2.05, 4.69) is 35.8 Å². The van der Waals surface area contributed by atoms with Gasteiger partial charge in [0.15, 0.2) is 0 Å². The Bertz CT molecular complexity index is 383. The molecule has 0 spiro atoms. The second kappa shape index (κ2) is 8.68. The van der Waals surface area contributed by atoms with Gasteiger partial charge >= 0.3 is 0 Å². The van der Waals surface area contributed by atoms with Crippen molar-refractivity contribution in [1.82, 2.24) is 0 Å². The standard InChI is InChI=1S/C12H16BrNOS.C2H6/c1-9(2)12(8-14,6-3-7-15)10-4-5-11(13)16-10;1-2/h4-5,9,15H,3,6-7H2,1-2H3;1-2H3. The van der Waals surface area contributed by atoms with Crippen LogP contribution in [0.2, 0.25) is 0 Å². The van der Waals surface area contributed by atoms with Crippen molar-refractivity contribution < 1.29 is 5.11 Å². The van der Waals surface area contributed by atoms with Crippen LogP contribution in [0.3, 0.4) is 0 Å². The van der Waals surface area contributed by atoms with E-state index in [1.165, 1.54) is 0 Å². The fraction of sp³-hybridized carbons (Fsp3) is 0.643. The predicted octanol–water partition coefficient (Wildman–Crippen LogP) is 4.73. The molecule has 102 valence electrons. The Morgan fingerprint density at radius 2 is 2.06 bits per heavy atom. The zero-order chi connectivity index (χ0) is 14.2. The minimum Gasteiger partial charge on any atom is -0.396 e. The first kappa shape index (κ1) is 17.6. The molecule has 1 aromatic rings. The molecule has 0 saturated heterocycles. The number of nitrogens with zero attached hydrogens (tertiary/aromatic N) is 1. The van der Waals surface area contributed by atoms with E-state index in [1.807, 2.05) is 26.0 Å². The van der Waals surface area contributed by atoms with Gasteiger partial charge in [-0.1, -0.05) is 27.7 Å². The molecule has 0 fully saturated rings. The number of nitriles is 1. The fourth-order valence-corrected chi connectivity index (χ4v) is 3.55. The van der Waals surface area contributed by atoms with Gasteiger partial charge in [-0.3, -0.25) is 0 Å². The average Bonchev–Trinajstić information content (AvgIpc) is 2.80. The molecule has 0 aliphatic heterocycles. The molecular formula is C14H22BrNOS. The Hall–Kier alpha value is -0.370. The minimum atomic E-state index is -0.459. The van der Waals surface area contributed by atoms with E-state index in [0.29, 0.717) is 12.8 Å². The Kier molecular flexibility index (Phi) is 8.51. The third-order valence-electron chi connectivity index (χ3n) is 2.93. The predicted molar refractivity (Wildman–Crippen MR) is 81.8 cm³/mol. The van der Waals surface area contributed by atoms with E-state index in [-0.39, 0.29) is 12.5 Å².